The number of esters is 2. The molecule has 7 nitrogen and oxygen atoms in total. The third-order valence-corrected chi connectivity index (χ3v) is 6.53. The Bertz CT molecular complexity index is 1170. The van der Waals surface area contributed by atoms with E-state index < -0.39 is 29.6 Å². The maximum Gasteiger partial charge on any atom is 0.336 e. The van der Waals surface area contributed by atoms with Crippen molar-refractivity contribution in [2.24, 2.45) is 10.9 Å². The van der Waals surface area contributed by atoms with E-state index in [0.29, 0.717) is 27.0 Å². The summed E-state index contributed by atoms with van der Waals surface area (Å²) in [6, 6.07) is 7.18. The first-order valence-electron chi connectivity index (χ1n) is 10.3. The standard InChI is InChI=1S/C24H22BrFN2O5S/c1-4-33-23(30)21-18(12-34-24(31)15-9-16(25)11-27-10-15)28-13(2)19(22(29)32-3)20(21)14-5-7-17(26)8-6-14/h5-11,19-20H,4,12H2,1-3H3. The number of nitrogens with zero attached hydrogens (tertiary/aromatic N) is 2. The van der Waals surface area contributed by atoms with Gasteiger partial charge in [-0.25, -0.2) is 9.18 Å². The van der Waals surface area contributed by atoms with E-state index in [2.05, 4.69) is 25.9 Å². The first kappa shape index (κ1) is 25.8. The van der Waals surface area contributed by atoms with Crippen molar-refractivity contribution < 1.29 is 28.2 Å². The molecule has 1 aliphatic heterocycles. The number of thioether (sulfide) groups is 1. The van der Waals surface area contributed by atoms with Crippen LogP contribution in [0.5, 0.6) is 0 Å². The summed E-state index contributed by atoms with van der Waals surface area (Å²) in [5.41, 5.74) is 1.78. The Kier molecular flexibility index (Phi) is 8.73. The van der Waals surface area contributed by atoms with Gasteiger partial charge in [-0.2, -0.15) is 0 Å². The largest absolute Gasteiger partial charge is 0.468 e. The molecular formula is C24H22BrFN2O5S. The van der Waals surface area contributed by atoms with Crippen LogP contribution < -0.4 is 0 Å². The number of carbonyl (C=O) groups is 3. The van der Waals surface area contributed by atoms with Crippen LogP contribution in [0.2, 0.25) is 0 Å². The first-order valence-corrected chi connectivity index (χ1v) is 12.1. The number of methoxy groups -OCH3 is 1. The highest BCUT2D eigenvalue weighted by Gasteiger charge is 2.43. The monoisotopic (exact) mass is 548 g/mol. The SMILES string of the molecule is CCOC(=O)C1=C(CSC(=O)c2cncc(Br)c2)N=C(C)C(C(=O)OC)C1c1ccc(F)cc1. The molecule has 0 saturated heterocycles. The van der Waals surface area contributed by atoms with Crippen molar-refractivity contribution in [2.75, 3.05) is 19.5 Å². The summed E-state index contributed by atoms with van der Waals surface area (Å²) in [5, 5.41) is -0.259. The quantitative estimate of drug-likeness (QED) is 0.462. The highest BCUT2D eigenvalue weighted by Crippen LogP contribution is 2.41. The van der Waals surface area contributed by atoms with Gasteiger partial charge in [-0.1, -0.05) is 23.9 Å². The summed E-state index contributed by atoms with van der Waals surface area (Å²) >= 11 is 4.24. The summed E-state index contributed by atoms with van der Waals surface area (Å²) in [7, 11) is 1.25. The zero-order valence-electron chi connectivity index (χ0n) is 18.7. The Morgan fingerprint density at radius 3 is 2.50 bits per heavy atom. The second kappa shape index (κ2) is 11.5. The van der Waals surface area contributed by atoms with E-state index in [-0.39, 0.29) is 23.0 Å². The molecular weight excluding hydrogens is 527 g/mol. The lowest BCUT2D eigenvalue weighted by atomic mass is 9.75. The maximum atomic E-state index is 13.6. The Morgan fingerprint density at radius 2 is 1.88 bits per heavy atom. The molecule has 0 N–H and O–H groups in total. The lowest BCUT2D eigenvalue weighted by Gasteiger charge is -2.32. The van der Waals surface area contributed by atoms with Gasteiger partial charge in [0, 0.05) is 39.8 Å². The van der Waals surface area contributed by atoms with E-state index in [1.165, 1.54) is 37.6 Å². The van der Waals surface area contributed by atoms with Gasteiger partial charge >= 0.3 is 11.9 Å². The molecule has 3 rings (SSSR count). The molecule has 34 heavy (non-hydrogen) atoms. The fourth-order valence-electron chi connectivity index (χ4n) is 3.70. The van der Waals surface area contributed by atoms with Crippen molar-refractivity contribution in [2.45, 2.75) is 19.8 Å². The van der Waals surface area contributed by atoms with Crippen molar-refractivity contribution in [3.8, 4) is 0 Å². The summed E-state index contributed by atoms with van der Waals surface area (Å²) in [5.74, 6) is -3.36. The van der Waals surface area contributed by atoms with E-state index in [4.69, 9.17) is 9.47 Å². The van der Waals surface area contributed by atoms with Gasteiger partial charge in [0.15, 0.2) is 0 Å². The summed E-state index contributed by atoms with van der Waals surface area (Å²) in [6.07, 6.45) is 3.02. The van der Waals surface area contributed by atoms with Crippen LogP contribution in [0.4, 0.5) is 4.39 Å². The average molecular weight is 549 g/mol. The van der Waals surface area contributed by atoms with Crippen molar-refractivity contribution in [1.29, 1.82) is 0 Å². The fourth-order valence-corrected chi connectivity index (χ4v) is 4.83. The minimum atomic E-state index is -0.909. The molecule has 10 heteroatoms. The fraction of sp³-hybridized carbons (Fsp3) is 0.292. The van der Waals surface area contributed by atoms with Gasteiger partial charge in [0.25, 0.3) is 0 Å². The Balaban J connectivity index is 2.07. The molecule has 0 spiro atoms. The zero-order valence-corrected chi connectivity index (χ0v) is 21.1. The molecule has 2 heterocycles. The molecule has 0 bridgehead atoms. The van der Waals surface area contributed by atoms with E-state index in [0.717, 1.165) is 11.8 Å². The van der Waals surface area contributed by atoms with Gasteiger partial charge in [0.05, 0.1) is 25.0 Å². The van der Waals surface area contributed by atoms with E-state index >= 15 is 0 Å². The van der Waals surface area contributed by atoms with Crippen molar-refractivity contribution in [3.63, 3.8) is 0 Å². The number of pyridine rings is 1. The van der Waals surface area contributed by atoms with E-state index in [1.807, 2.05) is 0 Å². The molecule has 1 aromatic carbocycles. The Hall–Kier alpha value is -2.85. The highest BCUT2D eigenvalue weighted by atomic mass is 79.9. The highest BCUT2D eigenvalue weighted by molar-refractivity contribution is 9.10. The third-order valence-electron chi connectivity index (χ3n) is 5.18. The first-order chi connectivity index (χ1) is 16.3. The number of hydrogen-bond donors (Lipinski definition) is 0. The van der Waals surface area contributed by atoms with Gasteiger partial charge in [0.1, 0.15) is 11.7 Å². The van der Waals surface area contributed by atoms with Crippen LogP contribution in [0.3, 0.4) is 0 Å². The Labute approximate surface area is 209 Å². The molecule has 0 radical (unpaired) electrons. The predicted molar refractivity (Wildman–Crippen MR) is 130 cm³/mol. The number of benzene rings is 1. The summed E-state index contributed by atoms with van der Waals surface area (Å²) < 4.78 is 24.6. The number of halogens is 2. The molecule has 1 aromatic heterocycles. The zero-order chi connectivity index (χ0) is 24.8. The van der Waals surface area contributed by atoms with Gasteiger partial charge in [-0.15, -0.1) is 0 Å². The molecule has 2 atom stereocenters. The number of ether oxygens (including phenoxy) is 2. The van der Waals surface area contributed by atoms with Crippen LogP contribution in [0, 0.1) is 11.7 Å². The van der Waals surface area contributed by atoms with E-state index in [9.17, 15) is 18.8 Å². The predicted octanol–water partition coefficient (Wildman–Crippen LogP) is 4.72. The van der Waals surface area contributed by atoms with Gasteiger partial charge in [-0.3, -0.25) is 19.6 Å². The molecule has 0 aliphatic carbocycles. The van der Waals surface area contributed by atoms with Crippen LogP contribution in [0.15, 0.2) is 63.5 Å². The minimum Gasteiger partial charge on any atom is -0.468 e. The molecule has 178 valence electrons. The van der Waals surface area contributed by atoms with Crippen LogP contribution in [0.1, 0.15) is 35.7 Å². The number of carbonyl (C=O) groups excluding carboxylic acids is 3. The maximum absolute atomic E-state index is 13.6. The van der Waals surface area contributed by atoms with E-state index in [1.54, 1.807) is 26.1 Å². The van der Waals surface area contributed by atoms with Crippen LogP contribution in [-0.4, -0.2) is 47.2 Å². The topological polar surface area (TPSA) is 94.9 Å². The summed E-state index contributed by atoms with van der Waals surface area (Å²) in [6.45, 7) is 3.43. The minimum absolute atomic E-state index is 0.0580. The lowest BCUT2D eigenvalue weighted by molar-refractivity contribution is -0.144. The molecule has 0 saturated carbocycles. The molecule has 2 aromatic rings. The number of aromatic nitrogens is 1. The average Bonchev–Trinajstić information content (AvgIpc) is 2.82. The molecule has 2 unspecified atom stereocenters. The molecule has 1 aliphatic rings. The van der Waals surface area contributed by atoms with Crippen molar-refractivity contribution >= 4 is 50.5 Å². The molecule has 0 fully saturated rings. The van der Waals surface area contributed by atoms with Gasteiger partial charge in [0.2, 0.25) is 5.12 Å². The second-order valence-corrected chi connectivity index (χ2v) is 9.20. The number of rotatable bonds is 7. The van der Waals surface area contributed by atoms with Crippen molar-refractivity contribution in [1.82, 2.24) is 4.98 Å². The third kappa shape index (κ3) is 5.79. The Morgan fingerprint density at radius 1 is 1.18 bits per heavy atom. The molecule has 0 amide bonds. The lowest BCUT2D eigenvalue weighted by Crippen LogP contribution is -2.36. The second-order valence-electron chi connectivity index (χ2n) is 7.33. The van der Waals surface area contributed by atoms with Crippen molar-refractivity contribution in [3.05, 3.63) is 75.4 Å². The number of aliphatic imine (C=N–C) groups is 1. The van der Waals surface area contributed by atoms with Crippen LogP contribution >= 0.6 is 27.7 Å². The van der Waals surface area contributed by atoms with Gasteiger partial charge in [-0.05, 0) is 53.5 Å². The smallest absolute Gasteiger partial charge is 0.336 e. The number of hydrogen-bond acceptors (Lipinski definition) is 8. The van der Waals surface area contributed by atoms with Gasteiger partial charge < -0.3 is 9.47 Å². The summed E-state index contributed by atoms with van der Waals surface area (Å²) in [4.78, 5) is 47.1. The van der Waals surface area contributed by atoms with Crippen LogP contribution in [-0.2, 0) is 19.1 Å². The van der Waals surface area contributed by atoms with Crippen LogP contribution in [0.25, 0.3) is 0 Å². The normalized spacial score (nSPS) is 17.7.